The van der Waals surface area contributed by atoms with E-state index in [1.165, 1.54) is 18.5 Å². The molecule has 2 heterocycles. The largest absolute Gasteiger partial charge is 0.365 e. The predicted octanol–water partition coefficient (Wildman–Crippen LogP) is 2.99. The smallest absolute Gasteiger partial charge is 0.224 e. The molecule has 2 aromatic rings. The molecule has 0 bridgehead atoms. The highest BCUT2D eigenvalue weighted by Crippen LogP contribution is 2.23. The highest BCUT2D eigenvalue weighted by molar-refractivity contribution is 5.80. The average Bonchev–Trinajstić information content (AvgIpc) is 2.94. The number of anilines is 1. The van der Waals surface area contributed by atoms with Crippen molar-refractivity contribution < 1.29 is 9.18 Å². The molecule has 1 atom stereocenters. The topological polar surface area (TPSA) is 58.1 Å². The Kier molecular flexibility index (Phi) is 5.26. The molecule has 1 aromatic carbocycles. The van der Waals surface area contributed by atoms with Crippen molar-refractivity contribution in [2.45, 2.75) is 38.6 Å². The summed E-state index contributed by atoms with van der Waals surface area (Å²) >= 11 is 0. The fourth-order valence-electron chi connectivity index (χ4n) is 3.08. The summed E-state index contributed by atoms with van der Waals surface area (Å²) in [7, 11) is 0. The fourth-order valence-corrected chi connectivity index (χ4v) is 3.08. The zero-order valence-electron chi connectivity index (χ0n) is 14.6. The number of rotatable bonds is 6. The molecule has 6 heteroatoms. The van der Waals surface area contributed by atoms with Gasteiger partial charge in [-0.3, -0.25) is 4.79 Å². The van der Waals surface area contributed by atoms with Gasteiger partial charge in [0.1, 0.15) is 18.0 Å². The third-order valence-corrected chi connectivity index (χ3v) is 4.50. The molecule has 5 nitrogen and oxygen atoms in total. The monoisotopic (exact) mass is 342 g/mol. The Morgan fingerprint density at radius 3 is 2.80 bits per heavy atom. The van der Waals surface area contributed by atoms with Crippen LogP contribution in [0.4, 0.5) is 10.2 Å². The third-order valence-electron chi connectivity index (χ3n) is 4.50. The van der Waals surface area contributed by atoms with Gasteiger partial charge >= 0.3 is 0 Å². The molecule has 0 spiro atoms. The van der Waals surface area contributed by atoms with Crippen LogP contribution < -0.4 is 5.32 Å². The van der Waals surface area contributed by atoms with Crippen molar-refractivity contribution in [3.63, 3.8) is 0 Å². The molecular formula is C19H23FN4O. The Labute approximate surface area is 147 Å². The third kappa shape index (κ3) is 4.32. The van der Waals surface area contributed by atoms with Crippen molar-refractivity contribution in [1.29, 1.82) is 0 Å². The van der Waals surface area contributed by atoms with E-state index in [-0.39, 0.29) is 17.8 Å². The number of hydrogen-bond donors (Lipinski definition) is 1. The molecule has 1 amide bonds. The quantitative estimate of drug-likeness (QED) is 0.877. The number of benzene rings is 1. The molecule has 0 radical (unpaired) electrons. The van der Waals surface area contributed by atoms with Gasteiger partial charge in [-0.2, -0.15) is 0 Å². The Balaban J connectivity index is 1.58. The SMILES string of the molecule is CC(C)c1cncnc1NC1CC(=O)N(CCc2ccc(F)cc2)C1. The summed E-state index contributed by atoms with van der Waals surface area (Å²) in [6, 6.07) is 6.48. The van der Waals surface area contributed by atoms with E-state index in [1.807, 2.05) is 11.1 Å². The molecule has 3 rings (SSSR count). The van der Waals surface area contributed by atoms with Crippen molar-refractivity contribution in [1.82, 2.24) is 14.9 Å². The summed E-state index contributed by atoms with van der Waals surface area (Å²) in [5.41, 5.74) is 2.09. The molecule has 25 heavy (non-hydrogen) atoms. The molecule has 1 unspecified atom stereocenters. The molecule has 1 aromatic heterocycles. The molecule has 1 aliphatic rings. The fraction of sp³-hybridized carbons (Fsp3) is 0.421. The van der Waals surface area contributed by atoms with Crippen LogP contribution in [-0.4, -0.2) is 39.9 Å². The standard InChI is InChI=1S/C19H23FN4O/c1-13(2)17-10-21-12-22-19(17)23-16-9-18(25)24(11-16)8-7-14-3-5-15(20)6-4-14/h3-6,10,12-13,16H,7-9,11H2,1-2H3,(H,21,22,23). The number of likely N-dealkylation sites (tertiary alicyclic amines) is 1. The van der Waals surface area contributed by atoms with Gasteiger partial charge in [-0.05, 0) is 30.0 Å². The highest BCUT2D eigenvalue weighted by atomic mass is 19.1. The Morgan fingerprint density at radius 2 is 2.08 bits per heavy atom. The second kappa shape index (κ2) is 7.59. The number of amides is 1. The first-order valence-electron chi connectivity index (χ1n) is 8.61. The van der Waals surface area contributed by atoms with Crippen molar-refractivity contribution in [2.24, 2.45) is 0 Å². The summed E-state index contributed by atoms with van der Waals surface area (Å²) in [6.45, 7) is 5.49. The van der Waals surface area contributed by atoms with Crippen molar-refractivity contribution in [2.75, 3.05) is 18.4 Å². The van der Waals surface area contributed by atoms with Gasteiger partial charge in [-0.1, -0.05) is 26.0 Å². The number of nitrogens with zero attached hydrogens (tertiary/aromatic N) is 3. The lowest BCUT2D eigenvalue weighted by Gasteiger charge is -2.19. The van der Waals surface area contributed by atoms with E-state index in [0.29, 0.717) is 25.4 Å². The van der Waals surface area contributed by atoms with Gasteiger partial charge < -0.3 is 10.2 Å². The number of carbonyl (C=O) groups is 1. The summed E-state index contributed by atoms with van der Waals surface area (Å²) in [4.78, 5) is 22.5. The lowest BCUT2D eigenvalue weighted by atomic mass is 10.1. The number of aromatic nitrogens is 2. The van der Waals surface area contributed by atoms with Gasteiger partial charge in [0.15, 0.2) is 0 Å². The van der Waals surface area contributed by atoms with Crippen LogP contribution in [0.5, 0.6) is 0 Å². The number of halogens is 1. The van der Waals surface area contributed by atoms with Crippen LogP contribution >= 0.6 is 0 Å². The lowest BCUT2D eigenvalue weighted by Crippen LogP contribution is -2.30. The van der Waals surface area contributed by atoms with E-state index in [2.05, 4.69) is 29.1 Å². The van der Waals surface area contributed by atoms with Gasteiger partial charge in [-0.15, -0.1) is 0 Å². The maximum atomic E-state index is 13.0. The van der Waals surface area contributed by atoms with Gasteiger partial charge in [0.05, 0.1) is 6.04 Å². The van der Waals surface area contributed by atoms with Crippen LogP contribution in [0.3, 0.4) is 0 Å². The summed E-state index contributed by atoms with van der Waals surface area (Å²) < 4.78 is 13.0. The Morgan fingerprint density at radius 1 is 1.32 bits per heavy atom. The van der Waals surface area contributed by atoms with E-state index >= 15 is 0 Å². The molecule has 0 aliphatic carbocycles. The molecule has 1 fully saturated rings. The zero-order valence-corrected chi connectivity index (χ0v) is 14.6. The first kappa shape index (κ1) is 17.3. The van der Waals surface area contributed by atoms with E-state index in [1.54, 1.807) is 12.1 Å². The normalized spacial score (nSPS) is 17.4. The number of nitrogens with one attached hydrogen (secondary N) is 1. The van der Waals surface area contributed by atoms with E-state index in [0.717, 1.165) is 23.4 Å². The van der Waals surface area contributed by atoms with Crippen LogP contribution in [0.2, 0.25) is 0 Å². The minimum absolute atomic E-state index is 0.0492. The molecule has 1 aliphatic heterocycles. The Bertz CT molecular complexity index is 732. The van der Waals surface area contributed by atoms with E-state index in [9.17, 15) is 9.18 Å². The predicted molar refractivity (Wildman–Crippen MR) is 94.8 cm³/mol. The van der Waals surface area contributed by atoms with Crippen molar-refractivity contribution >= 4 is 11.7 Å². The molecule has 1 saturated heterocycles. The maximum absolute atomic E-state index is 13.0. The number of hydrogen-bond acceptors (Lipinski definition) is 4. The van der Waals surface area contributed by atoms with Gasteiger partial charge in [-0.25, -0.2) is 14.4 Å². The van der Waals surface area contributed by atoms with Crippen LogP contribution in [-0.2, 0) is 11.2 Å². The van der Waals surface area contributed by atoms with E-state index in [4.69, 9.17) is 0 Å². The molecule has 0 saturated carbocycles. The molecule has 132 valence electrons. The van der Waals surface area contributed by atoms with Crippen molar-refractivity contribution in [3.8, 4) is 0 Å². The Hall–Kier alpha value is -2.50. The average molecular weight is 342 g/mol. The zero-order chi connectivity index (χ0) is 17.8. The van der Waals surface area contributed by atoms with Crippen LogP contribution in [0.1, 0.15) is 37.3 Å². The van der Waals surface area contributed by atoms with Crippen LogP contribution in [0.15, 0.2) is 36.8 Å². The number of carbonyl (C=O) groups excluding carboxylic acids is 1. The lowest BCUT2D eigenvalue weighted by molar-refractivity contribution is -0.127. The van der Waals surface area contributed by atoms with Crippen LogP contribution in [0.25, 0.3) is 0 Å². The summed E-state index contributed by atoms with van der Waals surface area (Å²) in [5.74, 6) is 1.02. The minimum Gasteiger partial charge on any atom is -0.365 e. The van der Waals surface area contributed by atoms with Gasteiger partial charge in [0.2, 0.25) is 5.91 Å². The highest BCUT2D eigenvalue weighted by Gasteiger charge is 2.29. The van der Waals surface area contributed by atoms with Gasteiger partial charge in [0.25, 0.3) is 0 Å². The second-order valence-corrected chi connectivity index (χ2v) is 6.74. The van der Waals surface area contributed by atoms with Gasteiger partial charge in [0, 0.05) is 31.3 Å². The molecular weight excluding hydrogens is 319 g/mol. The summed E-state index contributed by atoms with van der Waals surface area (Å²) in [6.07, 6.45) is 4.54. The van der Waals surface area contributed by atoms with E-state index < -0.39 is 0 Å². The summed E-state index contributed by atoms with van der Waals surface area (Å²) in [5, 5.41) is 3.39. The minimum atomic E-state index is -0.240. The maximum Gasteiger partial charge on any atom is 0.224 e. The first-order chi connectivity index (χ1) is 12.0. The second-order valence-electron chi connectivity index (χ2n) is 6.74. The first-order valence-corrected chi connectivity index (χ1v) is 8.61. The van der Waals surface area contributed by atoms with Crippen LogP contribution in [0, 0.1) is 5.82 Å². The van der Waals surface area contributed by atoms with Crippen molar-refractivity contribution in [3.05, 3.63) is 53.7 Å². The molecule has 1 N–H and O–H groups in total.